The summed E-state index contributed by atoms with van der Waals surface area (Å²) in [6.07, 6.45) is 2.19. The first-order valence-electron chi connectivity index (χ1n) is 6.24. The van der Waals surface area contributed by atoms with Crippen LogP contribution < -0.4 is 4.74 Å². The van der Waals surface area contributed by atoms with E-state index in [0.29, 0.717) is 13.0 Å². The monoisotopic (exact) mass is 234 g/mol. The Morgan fingerprint density at radius 1 is 1.41 bits per heavy atom. The van der Waals surface area contributed by atoms with Gasteiger partial charge < -0.3 is 14.6 Å². The van der Waals surface area contributed by atoms with Gasteiger partial charge in [-0.05, 0) is 31.9 Å². The number of hydrogen-bond donors (Lipinski definition) is 1. The van der Waals surface area contributed by atoms with Crippen LogP contribution in [0.3, 0.4) is 0 Å². The van der Waals surface area contributed by atoms with Gasteiger partial charge in [0.2, 0.25) is 0 Å². The molecule has 2 aliphatic rings. The van der Waals surface area contributed by atoms with Crippen molar-refractivity contribution in [3.8, 4) is 5.75 Å². The summed E-state index contributed by atoms with van der Waals surface area (Å²) in [5.41, 5.74) is 1.77. The van der Waals surface area contributed by atoms with E-state index >= 15 is 0 Å². The van der Waals surface area contributed by atoms with Crippen molar-refractivity contribution in [2.75, 3.05) is 13.2 Å². The Balaban J connectivity index is 1.94. The Hall–Kier alpha value is -1.06. The highest BCUT2D eigenvalue weighted by Gasteiger charge is 2.42. The molecule has 3 rings (SSSR count). The quantitative estimate of drug-likeness (QED) is 0.749. The second-order valence-electron chi connectivity index (χ2n) is 5.20. The first-order chi connectivity index (χ1) is 8.19. The maximum atomic E-state index is 10.3. The third-order valence-corrected chi connectivity index (χ3v) is 3.70. The molecule has 1 aromatic rings. The smallest absolute Gasteiger partial charge is 0.135 e. The summed E-state index contributed by atoms with van der Waals surface area (Å²) < 4.78 is 11.6. The number of aliphatic hydroxyl groups excluding tert-OH is 1. The minimum absolute atomic E-state index is 0.306. The standard InChI is InChI=1S/C14H18O3/c1-10-3-4-13-11(7-10)12(15)8-14(17-13)5-2-6-16-9-14/h3-4,7,12,15H,2,5-6,8-9H2,1H3. The summed E-state index contributed by atoms with van der Waals surface area (Å²) in [6, 6.07) is 5.99. The molecule has 1 N–H and O–H groups in total. The van der Waals surface area contributed by atoms with Crippen LogP contribution in [0.4, 0.5) is 0 Å². The Bertz CT molecular complexity index is 421. The van der Waals surface area contributed by atoms with E-state index in [1.165, 1.54) is 0 Å². The van der Waals surface area contributed by atoms with Crippen LogP contribution in [-0.4, -0.2) is 23.9 Å². The van der Waals surface area contributed by atoms with Crippen LogP contribution in [0.15, 0.2) is 18.2 Å². The van der Waals surface area contributed by atoms with Gasteiger partial charge in [-0.3, -0.25) is 0 Å². The fourth-order valence-corrected chi connectivity index (χ4v) is 2.83. The zero-order valence-corrected chi connectivity index (χ0v) is 10.1. The van der Waals surface area contributed by atoms with Crippen LogP contribution in [0.5, 0.6) is 5.75 Å². The predicted molar refractivity (Wildman–Crippen MR) is 64.2 cm³/mol. The van der Waals surface area contributed by atoms with Gasteiger partial charge >= 0.3 is 0 Å². The van der Waals surface area contributed by atoms with Crippen LogP contribution in [0.2, 0.25) is 0 Å². The molecule has 1 saturated heterocycles. The number of fused-ring (bicyclic) bond motifs is 1. The van der Waals surface area contributed by atoms with E-state index in [9.17, 15) is 5.11 Å². The molecule has 3 heteroatoms. The van der Waals surface area contributed by atoms with Crippen molar-refractivity contribution < 1.29 is 14.6 Å². The molecule has 2 heterocycles. The van der Waals surface area contributed by atoms with Crippen molar-refractivity contribution in [2.24, 2.45) is 0 Å². The summed E-state index contributed by atoms with van der Waals surface area (Å²) in [7, 11) is 0. The highest BCUT2D eigenvalue weighted by atomic mass is 16.5. The van der Waals surface area contributed by atoms with Gasteiger partial charge in [0.1, 0.15) is 11.4 Å². The molecule has 0 aliphatic carbocycles. The molecule has 92 valence electrons. The average molecular weight is 234 g/mol. The molecule has 1 fully saturated rings. The first kappa shape index (κ1) is 11.1. The number of benzene rings is 1. The molecule has 1 spiro atoms. The zero-order valence-electron chi connectivity index (χ0n) is 10.1. The van der Waals surface area contributed by atoms with E-state index in [1.54, 1.807) is 0 Å². The summed E-state index contributed by atoms with van der Waals surface area (Å²) >= 11 is 0. The molecule has 2 aliphatic heterocycles. The lowest BCUT2D eigenvalue weighted by Gasteiger charge is -2.42. The lowest BCUT2D eigenvalue weighted by atomic mass is 9.84. The Morgan fingerprint density at radius 3 is 3.06 bits per heavy atom. The molecule has 17 heavy (non-hydrogen) atoms. The van der Waals surface area contributed by atoms with Crippen molar-refractivity contribution in [2.45, 2.75) is 37.9 Å². The molecular weight excluding hydrogens is 216 g/mol. The van der Waals surface area contributed by atoms with Crippen molar-refractivity contribution >= 4 is 0 Å². The molecule has 2 atom stereocenters. The number of aliphatic hydroxyl groups is 1. The topological polar surface area (TPSA) is 38.7 Å². The number of rotatable bonds is 0. The first-order valence-corrected chi connectivity index (χ1v) is 6.24. The molecule has 2 unspecified atom stereocenters. The second kappa shape index (κ2) is 4.00. The van der Waals surface area contributed by atoms with E-state index in [-0.39, 0.29) is 5.60 Å². The highest BCUT2D eigenvalue weighted by molar-refractivity contribution is 5.41. The molecule has 3 nitrogen and oxygen atoms in total. The molecule has 0 aromatic heterocycles. The van der Waals surface area contributed by atoms with Crippen molar-refractivity contribution in [1.29, 1.82) is 0 Å². The van der Waals surface area contributed by atoms with E-state index in [0.717, 1.165) is 36.3 Å². The van der Waals surface area contributed by atoms with Crippen molar-refractivity contribution in [1.82, 2.24) is 0 Å². The van der Waals surface area contributed by atoms with Gasteiger partial charge in [-0.2, -0.15) is 0 Å². The fraction of sp³-hybridized carbons (Fsp3) is 0.571. The number of ether oxygens (including phenoxy) is 2. The zero-order chi connectivity index (χ0) is 11.9. The normalized spacial score (nSPS) is 32.0. The minimum atomic E-state index is -0.430. The lowest BCUT2D eigenvalue weighted by Crippen LogP contribution is -2.47. The van der Waals surface area contributed by atoms with E-state index in [1.807, 2.05) is 25.1 Å². The molecule has 0 bridgehead atoms. The van der Waals surface area contributed by atoms with Gasteiger partial charge in [-0.1, -0.05) is 11.6 Å². The number of aryl methyl sites for hydroxylation is 1. The lowest BCUT2D eigenvalue weighted by molar-refractivity contribution is -0.103. The van der Waals surface area contributed by atoms with Gasteiger partial charge in [0.15, 0.2) is 0 Å². The molecule has 0 amide bonds. The Labute approximate surface area is 101 Å². The van der Waals surface area contributed by atoms with Gasteiger partial charge in [0.05, 0.1) is 12.7 Å². The Kier molecular flexibility index (Phi) is 2.60. The summed E-state index contributed by atoms with van der Waals surface area (Å²) in [5.74, 6) is 0.819. The Morgan fingerprint density at radius 2 is 2.29 bits per heavy atom. The number of hydrogen-bond acceptors (Lipinski definition) is 3. The predicted octanol–water partition coefficient (Wildman–Crippen LogP) is 2.36. The molecular formula is C14H18O3. The van der Waals surface area contributed by atoms with Gasteiger partial charge in [0.25, 0.3) is 0 Å². The van der Waals surface area contributed by atoms with Crippen LogP contribution in [0.1, 0.15) is 36.5 Å². The maximum Gasteiger partial charge on any atom is 0.135 e. The average Bonchev–Trinajstić information content (AvgIpc) is 2.31. The third kappa shape index (κ3) is 1.94. The third-order valence-electron chi connectivity index (χ3n) is 3.70. The van der Waals surface area contributed by atoms with Crippen LogP contribution in [0.25, 0.3) is 0 Å². The van der Waals surface area contributed by atoms with Crippen LogP contribution in [0, 0.1) is 6.92 Å². The second-order valence-corrected chi connectivity index (χ2v) is 5.20. The van der Waals surface area contributed by atoms with Crippen LogP contribution >= 0.6 is 0 Å². The summed E-state index contributed by atoms with van der Waals surface area (Å²) in [5, 5.41) is 10.3. The molecule has 0 saturated carbocycles. The van der Waals surface area contributed by atoms with Crippen molar-refractivity contribution in [3.63, 3.8) is 0 Å². The van der Waals surface area contributed by atoms with Gasteiger partial charge in [-0.15, -0.1) is 0 Å². The van der Waals surface area contributed by atoms with Crippen LogP contribution in [-0.2, 0) is 4.74 Å². The minimum Gasteiger partial charge on any atom is -0.484 e. The largest absolute Gasteiger partial charge is 0.484 e. The van der Waals surface area contributed by atoms with Gasteiger partial charge in [0, 0.05) is 18.6 Å². The van der Waals surface area contributed by atoms with E-state index < -0.39 is 6.10 Å². The molecule has 1 aromatic carbocycles. The fourth-order valence-electron chi connectivity index (χ4n) is 2.83. The summed E-state index contributed by atoms with van der Waals surface area (Å²) in [4.78, 5) is 0. The summed E-state index contributed by atoms with van der Waals surface area (Å²) in [6.45, 7) is 3.43. The SMILES string of the molecule is Cc1ccc2c(c1)C(O)CC1(CCCOC1)O2. The van der Waals surface area contributed by atoms with E-state index in [2.05, 4.69) is 0 Å². The van der Waals surface area contributed by atoms with Gasteiger partial charge in [-0.25, -0.2) is 0 Å². The van der Waals surface area contributed by atoms with E-state index in [4.69, 9.17) is 9.47 Å². The van der Waals surface area contributed by atoms with Crippen molar-refractivity contribution in [3.05, 3.63) is 29.3 Å². The highest BCUT2D eigenvalue weighted by Crippen LogP contribution is 2.43. The molecule has 0 radical (unpaired) electrons. The maximum absolute atomic E-state index is 10.3.